The van der Waals surface area contributed by atoms with E-state index < -0.39 is 89.7 Å². The minimum absolute atomic E-state index is 0.0157. The molecule has 0 aliphatic carbocycles. The molecule has 2 fully saturated rings. The smallest absolute Gasteiger partial charge is 0.328 e. The number of carboxylic acids is 2. The van der Waals surface area contributed by atoms with Gasteiger partial charge in [-0.15, -0.1) is 0 Å². The van der Waals surface area contributed by atoms with E-state index in [1.165, 1.54) is 9.80 Å². The number of hydrogen-bond acceptors (Lipinski definition) is 8. The van der Waals surface area contributed by atoms with Crippen LogP contribution in [-0.4, -0.2) is 109 Å². The van der Waals surface area contributed by atoms with Crippen LogP contribution in [0.15, 0.2) is 48.5 Å². The number of nitrogens with zero attached hydrogens (tertiary/aromatic N) is 3. The Labute approximate surface area is 331 Å². The van der Waals surface area contributed by atoms with Crippen molar-refractivity contribution in [3.63, 3.8) is 0 Å². The van der Waals surface area contributed by atoms with Gasteiger partial charge in [0.25, 0.3) is 5.91 Å². The summed E-state index contributed by atoms with van der Waals surface area (Å²) in [6, 6.07) is 7.33. The van der Waals surface area contributed by atoms with Crippen LogP contribution in [0, 0.1) is 18.8 Å². The van der Waals surface area contributed by atoms with Gasteiger partial charge in [0.1, 0.15) is 29.7 Å². The van der Waals surface area contributed by atoms with Crippen molar-refractivity contribution in [2.75, 3.05) is 17.2 Å². The van der Waals surface area contributed by atoms with Gasteiger partial charge in [-0.25, -0.2) is 19.3 Å². The highest BCUT2D eigenvalue weighted by Crippen LogP contribution is 2.33. The molecule has 0 radical (unpaired) electrons. The zero-order chi connectivity index (χ0) is 42.4. The summed E-state index contributed by atoms with van der Waals surface area (Å²) < 4.78 is 0. The van der Waals surface area contributed by atoms with Gasteiger partial charge in [-0.3, -0.25) is 24.0 Å². The van der Waals surface area contributed by atoms with E-state index in [1.807, 2.05) is 25.1 Å². The third-order valence-electron chi connectivity index (χ3n) is 10.2. The van der Waals surface area contributed by atoms with Crippen LogP contribution in [0.4, 0.5) is 21.0 Å². The Hall–Kier alpha value is -6.00. The molecule has 0 saturated carbocycles. The number of anilines is 2. The van der Waals surface area contributed by atoms with E-state index >= 15 is 0 Å². The van der Waals surface area contributed by atoms with E-state index in [-0.39, 0.29) is 31.8 Å². The lowest BCUT2D eigenvalue weighted by molar-refractivity contribution is -0.150. The molecule has 0 bridgehead atoms. The van der Waals surface area contributed by atoms with E-state index in [0.29, 0.717) is 23.4 Å². The number of carbonyl (C=O) groups is 8. The SMILES string of the molecule is Cc1ccccc1NC(=O)Nc1ccc(CN2C(=O)N([C@H](CC(C)C)C(=O)N[C@@H](CC(=O)O)C(=O)NC(C(=O)N3CCCC3C(=O)O)C(C)C)C(=O)C2(C)C)cc1. The van der Waals surface area contributed by atoms with Crippen molar-refractivity contribution in [2.45, 2.75) is 110 Å². The molecule has 17 heteroatoms. The summed E-state index contributed by atoms with van der Waals surface area (Å²) >= 11 is 0. The van der Waals surface area contributed by atoms with Crippen molar-refractivity contribution in [3.8, 4) is 0 Å². The quantitative estimate of drug-likeness (QED) is 0.135. The summed E-state index contributed by atoms with van der Waals surface area (Å²) in [7, 11) is 0. The Morgan fingerprint density at radius 3 is 2.11 bits per heavy atom. The van der Waals surface area contributed by atoms with Crippen LogP contribution in [0.1, 0.15) is 78.4 Å². The number of imide groups is 1. The maximum absolute atomic E-state index is 14.1. The molecule has 57 heavy (non-hydrogen) atoms. The first-order valence-corrected chi connectivity index (χ1v) is 19.0. The van der Waals surface area contributed by atoms with Crippen molar-refractivity contribution in [3.05, 3.63) is 59.7 Å². The number of aryl methyl sites for hydroxylation is 1. The lowest BCUT2D eigenvalue weighted by Gasteiger charge is -2.31. The Bertz CT molecular complexity index is 1880. The van der Waals surface area contributed by atoms with Gasteiger partial charge in [0.15, 0.2) is 0 Å². The number of benzene rings is 2. The number of urea groups is 2. The van der Waals surface area contributed by atoms with Crippen molar-refractivity contribution in [2.24, 2.45) is 11.8 Å². The Balaban J connectivity index is 1.50. The first-order chi connectivity index (χ1) is 26.7. The third kappa shape index (κ3) is 10.4. The monoisotopic (exact) mass is 791 g/mol. The van der Waals surface area contributed by atoms with E-state index in [1.54, 1.807) is 71.9 Å². The maximum Gasteiger partial charge on any atom is 0.328 e. The molecule has 2 aliphatic heterocycles. The lowest BCUT2D eigenvalue weighted by Crippen LogP contribution is -2.60. The molecule has 2 aromatic rings. The predicted molar refractivity (Wildman–Crippen MR) is 209 cm³/mol. The summed E-state index contributed by atoms with van der Waals surface area (Å²) in [6.07, 6.45) is -0.198. The summed E-state index contributed by atoms with van der Waals surface area (Å²) in [5.74, 6) is -6.66. The number of nitrogens with one attached hydrogen (secondary N) is 4. The average molecular weight is 792 g/mol. The van der Waals surface area contributed by atoms with Gasteiger partial charge in [0.05, 0.1) is 6.42 Å². The highest BCUT2D eigenvalue weighted by atomic mass is 16.4. The Morgan fingerprint density at radius 2 is 1.53 bits per heavy atom. The Morgan fingerprint density at radius 1 is 0.877 bits per heavy atom. The van der Waals surface area contributed by atoms with Gasteiger partial charge >= 0.3 is 24.0 Å². The molecule has 0 aromatic heterocycles. The van der Waals surface area contributed by atoms with Gasteiger partial charge < -0.3 is 41.3 Å². The number of likely N-dealkylation sites (tertiary alicyclic amines) is 1. The molecular weight excluding hydrogens is 738 g/mol. The number of carboxylic acid groups (broad SMARTS) is 2. The minimum atomic E-state index is -1.71. The molecule has 8 amide bonds. The van der Waals surface area contributed by atoms with Gasteiger partial charge in [0.2, 0.25) is 17.7 Å². The number of hydrogen-bond donors (Lipinski definition) is 6. The number of carbonyl (C=O) groups excluding carboxylic acids is 6. The molecule has 4 rings (SSSR count). The van der Waals surface area contributed by atoms with Crippen LogP contribution in [0.25, 0.3) is 0 Å². The Kier molecular flexibility index (Phi) is 14.0. The van der Waals surface area contributed by atoms with Crippen molar-refractivity contribution in [1.82, 2.24) is 25.3 Å². The molecule has 2 aliphatic rings. The lowest BCUT2D eigenvalue weighted by atomic mass is 9.98. The summed E-state index contributed by atoms with van der Waals surface area (Å²) in [5.41, 5.74) is 1.23. The first-order valence-electron chi connectivity index (χ1n) is 19.0. The van der Waals surface area contributed by atoms with Crippen molar-refractivity contribution >= 4 is 59.0 Å². The maximum atomic E-state index is 14.1. The number of aliphatic carboxylic acids is 2. The number of para-hydroxylation sites is 1. The summed E-state index contributed by atoms with van der Waals surface area (Å²) in [5, 5.41) is 29.8. The normalized spacial score (nSPS) is 18.0. The van der Waals surface area contributed by atoms with Gasteiger partial charge in [-0.2, -0.15) is 0 Å². The molecular formula is C40H53N7O10. The third-order valence-corrected chi connectivity index (χ3v) is 10.2. The van der Waals surface area contributed by atoms with Crippen LogP contribution in [0.3, 0.4) is 0 Å². The molecule has 2 heterocycles. The summed E-state index contributed by atoms with van der Waals surface area (Å²) in [4.78, 5) is 109. The summed E-state index contributed by atoms with van der Waals surface area (Å²) in [6.45, 7) is 11.9. The van der Waals surface area contributed by atoms with E-state index in [2.05, 4.69) is 21.3 Å². The topological polar surface area (TPSA) is 235 Å². The predicted octanol–water partition coefficient (Wildman–Crippen LogP) is 3.77. The van der Waals surface area contributed by atoms with E-state index in [9.17, 15) is 48.6 Å². The standard InChI is InChI=1S/C40H53N7O10/c1-22(2)19-30(34(51)42-28(20-31(48)49)33(50)44-32(23(3)4)35(52)45-18-10-13-29(45)36(53)54)47-37(55)40(6,7)46(39(47)57)21-25-14-16-26(17-15-25)41-38(56)43-27-12-9-8-11-24(27)5/h8-9,11-12,14-17,22-23,28-30,32H,10,13,18-21H2,1-7H3,(H,42,51)(H,44,50)(H,48,49)(H,53,54)(H2,41,43,56)/t28-,29?,30+,32?/m0/s1. The van der Waals surface area contributed by atoms with Crippen LogP contribution < -0.4 is 21.3 Å². The van der Waals surface area contributed by atoms with Gasteiger partial charge in [0, 0.05) is 24.5 Å². The molecule has 6 N–H and O–H groups in total. The van der Waals surface area contributed by atoms with E-state index in [0.717, 1.165) is 10.5 Å². The largest absolute Gasteiger partial charge is 0.481 e. The highest BCUT2D eigenvalue weighted by Gasteiger charge is 2.55. The molecule has 0 spiro atoms. The van der Waals surface area contributed by atoms with Crippen LogP contribution in [0.5, 0.6) is 0 Å². The second-order valence-electron chi connectivity index (χ2n) is 15.8. The van der Waals surface area contributed by atoms with Crippen molar-refractivity contribution < 1.29 is 48.6 Å². The molecule has 2 aromatic carbocycles. The molecule has 308 valence electrons. The minimum Gasteiger partial charge on any atom is -0.481 e. The fraction of sp³-hybridized carbons (Fsp3) is 0.500. The molecule has 17 nitrogen and oxygen atoms in total. The van der Waals surface area contributed by atoms with Gasteiger partial charge in [-0.05, 0) is 81.2 Å². The van der Waals surface area contributed by atoms with Crippen LogP contribution in [-0.2, 0) is 35.3 Å². The van der Waals surface area contributed by atoms with Crippen molar-refractivity contribution in [1.29, 1.82) is 0 Å². The molecule has 2 saturated heterocycles. The fourth-order valence-corrected chi connectivity index (χ4v) is 6.94. The molecule has 2 unspecified atom stereocenters. The first kappa shape index (κ1) is 43.7. The molecule has 4 atom stereocenters. The van der Waals surface area contributed by atoms with Crippen LogP contribution >= 0.6 is 0 Å². The number of rotatable bonds is 16. The average Bonchev–Trinajstić information content (AvgIpc) is 3.69. The number of amides is 8. The zero-order valence-electron chi connectivity index (χ0n) is 33.3. The highest BCUT2D eigenvalue weighted by molar-refractivity contribution is 6.10. The fourth-order valence-electron chi connectivity index (χ4n) is 6.94. The van der Waals surface area contributed by atoms with E-state index in [4.69, 9.17) is 0 Å². The van der Waals surface area contributed by atoms with Gasteiger partial charge in [-0.1, -0.05) is 58.0 Å². The zero-order valence-corrected chi connectivity index (χ0v) is 33.3. The second kappa shape index (κ2) is 18.3. The van der Waals surface area contributed by atoms with Crippen LogP contribution in [0.2, 0.25) is 0 Å². The second-order valence-corrected chi connectivity index (χ2v) is 15.8.